The van der Waals surface area contributed by atoms with E-state index in [0.29, 0.717) is 6.61 Å². The average molecular weight is 243 g/mol. The predicted octanol–water partition coefficient (Wildman–Crippen LogP) is 2.50. The molecule has 0 N–H and O–H groups in total. The summed E-state index contributed by atoms with van der Waals surface area (Å²) in [6.45, 7) is 2.26. The summed E-state index contributed by atoms with van der Waals surface area (Å²) in [4.78, 5) is 13.9. The van der Waals surface area contributed by atoms with Gasteiger partial charge in [-0.15, -0.1) is 0 Å². The molecule has 94 valence electrons. The molecule has 0 radical (unpaired) electrons. The Hall–Kier alpha value is -2.03. The number of benzene rings is 1. The van der Waals surface area contributed by atoms with Crippen LogP contribution in [-0.4, -0.2) is 24.0 Å². The van der Waals surface area contributed by atoms with Crippen LogP contribution in [-0.2, 0) is 16.1 Å². The van der Waals surface area contributed by atoms with Crippen LogP contribution in [0.1, 0.15) is 12.5 Å². The number of allylic oxidation sites excluding steroid dienone is 2. The third-order valence-electron chi connectivity index (χ3n) is 2.97. The van der Waals surface area contributed by atoms with E-state index in [1.807, 2.05) is 67.6 Å². The Morgan fingerprint density at radius 3 is 2.72 bits per heavy atom. The molecule has 0 saturated carbocycles. The van der Waals surface area contributed by atoms with E-state index in [1.165, 1.54) is 0 Å². The molecule has 3 heteroatoms. The molecular formula is C15H17NO2. The van der Waals surface area contributed by atoms with Crippen LogP contribution in [0, 0.1) is 0 Å². The fraction of sp³-hybridized carbons (Fsp3) is 0.267. The van der Waals surface area contributed by atoms with Crippen molar-refractivity contribution >= 4 is 5.97 Å². The molecule has 0 fully saturated rings. The van der Waals surface area contributed by atoms with Gasteiger partial charge in [-0.1, -0.05) is 36.4 Å². The number of ether oxygens (including phenoxy) is 1. The van der Waals surface area contributed by atoms with E-state index in [-0.39, 0.29) is 12.0 Å². The molecule has 18 heavy (non-hydrogen) atoms. The molecule has 1 aliphatic rings. The van der Waals surface area contributed by atoms with Gasteiger partial charge in [0.1, 0.15) is 12.6 Å². The molecule has 0 bridgehead atoms. The van der Waals surface area contributed by atoms with Gasteiger partial charge < -0.3 is 9.64 Å². The third kappa shape index (κ3) is 2.80. The Morgan fingerprint density at radius 2 is 2.06 bits per heavy atom. The average Bonchev–Trinajstić information content (AvgIpc) is 2.37. The van der Waals surface area contributed by atoms with Crippen molar-refractivity contribution in [2.24, 2.45) is 0 Å². The van der Waals surface area contributed by atoms with Crippen LogP contribution >= 0.6 is 0 Å². The summed E-state index contributed by atoms with van der Waals surface area (Å²) in [6, 6.07) is 9.39. The van der Waals surface area contributed by atoms with Crippen LogP contribution in [0.25, 0.3) is 0 Å². The zero-order valence-electron chi connectivity index (χ0n) is 10.7. The maximum absolute atomic E-state index is 12.1. The highest BCUT2D eigenvalue weighted by Gasteiger charge is 2.26. The fourth-order valence-corrected chi connectivity index (χ4v) is 1.99. The molecule has 3 nitrogen and oxygen atoms in total. The molecule has 0 spiro atoms. The molecule has 0 amide bonds. The number of rotatable bonds is 3. The maximum Gasteiger partial charge on any atom is 0.333 e. The van der Waals surface area contributed by atoms with E-state index >= 15 is 0 Å². The van der Waals surface area contributed by atoms with Crippen LogP contribution in [0.3, 0.4) is 0 Å². The minimum atomic E-state index is -0.307. The molecular weight excluding hydrogens is 226 g/mol. The van der Waals surface area contributed by atoms with E-state index in [4.69, 9.17) is 4.74 Å². The van der Waals surface area contributed by atoms with E-state index in [9.17, 15) is 4.79 Å². The van der Waals surface area contributed by atoms with Crippen molar-refractivity contribution in [3.63, 3.8) is 0 Å². The highest BCUT2D eigenvalue weighted by atomic mass is 16.5. The molecule has 1 unspecified atom stereocenters. The van der Waals surface area contributed by atoms with Gasteiger partial charge in [0, 0.05) is 7.05 Å². The minimum absolute atomic E-state index is 0.209. The monoisotopic (exact) mass is 243 g/mol. The Bertz CT molecular complexity index is 477. The van der Waals surface area contributed by atoms with E-state index in [2.05, 4.69) is 0 Å². The Kier molecular flexibility index (Phi) is 3.82. The molecule has 0 saturated heterocycles. The van der Waals surface area contributed by atoms with Crippen LogP contribution in [0.5, 0.6) is 0 Å². The quantitative estimate of drug-likeness (QED) is 0.764. The van der Waals surface area contributed by atoms with Crippen molar-refractivity contribution < 1.29 is 9.53 Å². The van der Waals surface area contributed by atoms with E-state index in [0.717, 1.165) is 11.1 Å². The Labute approximate surface area is 107 Å². The number of hydrogen-bond donors (Lipinski definition) is 0. The highest BCUT2D eigenvalue weighted by molar-refractivity contribution is 5.80. The first-order valence-corrected chi connectivity index (χ1v) is 5.96. The summed E-state index contributed by atoms with van der Waals surface area (Å²) < 4.78 is 5.35. The summed E-state index contributed by atoms with van der Waals surface area (Å²) in [6.07, 6.45) is 5.74. The van der Waals surface area contributed by atoms with Gasteiger partial charge >= 0.3 is 5.97 Å². The second kappa shape index (κ2) is 5.54. The number of likely N-dealkylation sites (N-methyl/N-ethyl adjacent to an activating group) is 1. The first-order chi connectivity index (χ1) is 8.68. The smallest absolute Gasteiger partial charge is 0.333 e. The normalized spacial score (nSPS) is 18.4. The van der Waals surface area contributed by atoms with Gasteiger partial charge in [0.2, 0.25) is 0 Å². The fourth-order valence-electron chi connectivity index (χ4n) is 1.99. The van der Waals surface area contributed by atoms with E-state index in [1.54, 1.807) is 0 Å². The zero-order chi connectivity index (χ0) is 13.0. The first kappa shape index (κ1) is 12.4. The third-order valence-corrected chi connectivity index (χ3v) is 2.97. The predicted molar refractivity (Wildman–Crippen MR) is 70.7 cm³/mol. The molecule has 1 heterocycles. The number of carbonyl (C=O) groups is 1. The van der Waals surface area contributed by atoms with Gasteiger partial charge in [-0.3, -0.25) is 0 Å². The molecule has 0 aliphatic carbocycles. The summed E-state index contributed by atoms with van der Waals surface area (Å²) in [5.41, 5.74) is 2.00. The second-order valence-corrected chi connectivity index (χ2v) is 4.41. The zero-order valence-corrected chi connectivity index (χ0v) is 10.7. The maximum atomic E-state index is 12.1. The molecule has 1 aliphatic heterocycles. The Balaban J connectivity index is 1.96. The summed E-state index contributed by atoms with van der Waals surface area (Å²) >= 11 is 0. The lowest BCUT2D eigenvalue weighted by Gasteiger charge is -2.28. The largest absolute Gasteiger partial charge is 0.459 e. The van der Waals surface area contributed by atoms with Gasteiger partial charge in [0.15, 0.2) is 0 Å². The standard InChI is InChI=1S/C15H17NO2/c1-12-7-6-10-16(2)14(12)15(17)18-11-13-8-4-3-5-9-13/h3-10,14H,11H2,1-2H3. The molecule has 1 aromatic rings. The van der Waals surface area contributed by atoms with Crippen LogP contribution in [0.4, 0.5) is 0 Å². The topological polar surface area (TPSA) is 29.5 Å². The molecule has 2 rings (SSSR count). The second-order valence-electron chi connectivity index (χ2n) is 4.41. The van der Waals surface area contributed by atoms with Crippen molar-refractivity contribution in [2.75, 3.05) is 7.05 Å². The van der Waals surface area contributed by atoms with Crippen LogP contribution in [0.2, 0.25) is 0 Å². The number of esters is 1. The summed E-state index contributed by atoms with van der Waals surface area (Å²) in [7, 11) is 1.88. The van der Waals surface area contributed by atoms with Crippen LogP contribution in [0.15, 0.2) is 54.3 Å². The summed E-state index contributed by atoms with van der Waals surface area (Å²) in [5, 5.41) is 0. The van der Waals surface area contributed by atoms with Crippen molar-refractivity contribution in [3.8, 4) is 0 Å². The van der Waals surface area contributed by atoms with Crippen molar-refractivity contribution in [2.45, 2.75) is 19.6 Å². The number of hydrogen-bond acceptors (Lipinski definition) is 3. The SMILES string of the molecule is CC1=CC=CN(C)C1C(=O)OCc1ccccc1. The number of carbonyl (C=O) groups excluding carboxylic acids is 1. The van der Waals surface area contributed by atoms with Gasteiger partial charge in [0.25, 0.3) is 0 Å². The number of nitrogens with zero attached hydrogens (tertiary/aromatic N) is 1. The summed E-state index contributed by atoms with van der Waals surface area (Å²) in [5.74, 6) is -0.209. The van der Waals surface area contributed by atoms with Crippen molar-refractivity contribution in [1.82, 2.24) is 4.90 Å². The van der Waals surface area contributed by atoms with Crippen molar-refractivity contribution in [1.29, 1.82) is 0 Å². The Morgan fingerprint density at radius 1 is 1.33 bits per heavy atom. The molecule has 0 aromatic heterocycles. The lowest BCUT2D eigenvalue weighted by atomic mass is 10.1. The van der Waals surface area contributed by atoms with Gasteiger partial charge in [-0.25, -0.2) is 4.79 Å². The first-order valence-electron chi connectivity index (χ1n) is 5.96. The molecule has 1 atom stereocenters. The van der Waals surface area contributed by atoms with Gasteiger partial charge in [-0.2, -0.15) is 0 Å². The van der Waals surface area contributed by atoms with Crippen LogP contribution < -0.4 is 0 Å². The van der Waals surface area contributed by atoms with E-state index < -0.39 is 0 Å². The van der Waals surface area contributed by atoms with Gasteiger partial charge in [0.05, 0.1) is 0 Å². The van der Waals surface area contributed by atoms with Crippen molar-refractivity contribution in [3.05, 3.63) is 59.8 Å². The lowest BCUT2D eigenvalue weighted by molar-refractivity contribution is -0.148. The lowest BCUT2D eigenvalue weighted by Crippen LogP contribution is -2.38. The van der Waals surface area contributed by atoms with Gasteiger partial charge in [-0.05, 0) is 30.3 Å². The highest BCUT2D eigenvalue weighted by Crippen LogP contribution is 2.16. The molecule has 1 aromatic carbocycles. The minimum Gasteiger partial charge on any atom is -0.459 e.